The van der Waals surface area contributed by atoms with Crippen LogP contribution in [0, 0.1) is 12.8 Å². The predicted octanol–water partition coefficient (Wildman–Crippen LogP) is 4.05. The minimum Gasteiger partial charge on any atom is -0.478 e. The summed E-state index contributed by atoms with van der Waals surface area (Å²) in [5.41, 5.74) is 0.955. The summed E-state index contributed by atoms with van der Waals surface area (Å²) >= 11 is 1.76. The number of hydrogen-bond acceptors (Lipinski definition) is 5. The highest BCUT2D eigenvalue weighted by Gasteiger charge is 2.19. The second-order valence-electron chi connectivity index (χ2n) is 4.97. The van der Waals surface area contributed by atoms with Crippen molar-refractivity contribution in [2.45, 2.75) is 33.7 Å². The van der Waals surface area contributed by atoms with E-state index in [1.165, 1.54) is 4.88 Å². The molecule has 2 aromatic heterocycles. The van der Waals surface area contributed by atoms with Gasteiger partial charge in [-0.3, -0.25) is 0 Å². The molecule has 2 heterocycles. The third-order valence-electron chi connectivity index (χ3n) is 3.13. The maximum atomic E-state index is 5.52. The first kappa shape index (κ1) is 14.8. The van der Waals surface area contributed by atoms with Crippen molar-refractivity contribution in [3.8, 4) is 5.88 Å². The van der Waals surface area contributed by atoms with E-state index in [0.29, 0.717) is 18.4 Å². The summed E-state index contributed by atoms with van der Waals surface area (Å²) < 4.78 is 5.52. The number of thiophene rings is 1. The smallest absolute Gasteiger partial charge is 0.221 e. The van der Waals surface area contributed by atoms with Gasteiger partial charge in [0.1, 0.15) is 12.1 Å². The summed E-state index contributed by atoms with van der Waals surface area (Å²) in [4.78, 5) is 9.84. The second kappa shape index (κ2) is 6.70. The third kappa shape index (κ3) is 3.28. The molecule has 0 aliphatic heterocycles. The summed E-state index contributed by atoms with van der Waals surface area (Å²) in [5.74, 6) is 1.97. The Morgan fingerprint density at radius 1 is 1.35 bits per heavy atom. The molecule has 0 bridgehead atoms. The Hall–Kier alpha value is -1.62. The Morgan fingerprint density at radius 2 is 2.15 bits per heavy atom. The lowest BCUT2D eigenvalue weighted by molar-refractivity contribution is 0.323. The van der Waals surface area contributed by atoms with Gasteiger partial charge in [0.05, 0.1) is 18.2 Å². The molecule has 0 spiro atoms. The first-order chi connectivity index (χ1) is 9.63. The predicted molar refractivity (Wildman–Crippen MR) is 83.5 cm³/mol. The molecule has 20 heavy (non-hydrogen) atoms. The molecule has 0 amide bonds. The lowest BCUT2D eigenvalue weighted by Gasteiger charge is -2.23. The molecule has 2 aromatic rings. The summed E-state index contributed by atoms with van der Waals surface area (Å²) in [6.45, 7) is 8.96. The Kier molecular flexibility index (Phi) is 4.95. The monoisotopic (exact) mass is 291 g/mol. The summed E-state index contributed by atoms with van der Waals surface area (Å²) in [6, 6.07) is 4.48. The van der Waals surface area contributed by atoms with E-state index < -0.39 is 0 Å². The molecule has 4 nitrogen and oxygen atoms in total. The van der Waals surface area contributed by atoms with Gasteiger partial charge in [-0.05, 0) is 31.2 Å². The van der Waals surface area contributed by atoms with Gasteiger partial charge in [-0.2, -0.15) is 0 Å². The van der Waals surface area contributed by atoms with Crippen LogP contribution in [0.15, 0.2) is 23.8 Å². The topological polar surface area (TPSA) is 47.0 Å². The molecule has 1 N–H and O–H groups in total. The maximum absolute atomic E-state index is 5.52. The number of ether oxygens (including phenoxy) is 1. The van der Waals surface area contributed by atoms with Crippen LogP contribution in [-0.2, 0) is 0 Å². The van der Waals surface area contributed by atoms with Crippen molar-refractivity contribution in [2.24, 2.45) is 5.92 Å². The first-order valence-corrected chi connectivity index (χ1v) is 7.75. The van der Waals surface area contributed by atoms with Gasteiger partial charge in [-0.1, -0.05) is 19.9 Å². The largest absolute Gasteiger partial charge is 0.478 e. The number of aromatic nitrogens is 2. The molecule has 108 valence electrons. The lowest BCUT2D eigenvalue weighted by Crippen LogP contribution is -2.17. The average molecular weight is 291 g/mol. The molecule has 0 aromatic carbocycles. The van der Waals surface area contributed by atoms with Gasteiger partial charge in [0.25, 0.3) is 0 Å². The van der Waals surface area contributed by atoms with Crippen LogP contribution in [0.3, 0.4) is 0 Å². The van der Waals surface area contributed by atoms with Gasteiger partial charge in [0.15, 0.2) is 0 Å². The summed E-state index contributed by atoms with van der Waals surface area (Å²) in [6.07, 6.45) is 1.55. The molecule has 0 saturated carbocycles. The van der Waals surface area contributed by atoms with Crippen LogP contribution in [0.1, 0.15) is 37.3 Å². The molecule has 1 atom stereocenters. The van der Waals surface area contributed by atoms with E-state index in [1.807, 2.05) is 13.8 Å². The lowest BCUT2D eigenvalue weighted by atomic mass is 10.0. The molecule has 0 radical (unpaired) electrons. The molecule has 5 heteroatoms. The molecule has 0 aliphatic carbocycles. The van der Waals surface area contributed by atoms with Gasteiger partial charge in [0.2, 0.25) is 5.88 Å². The average Bonchev–Trinajstić information content (AvgIpc) is 2.93. The van der Waals surface area contributed by atoms with Gasteiger partial charge in [-0.15, -0.1) is 11.3 Å². The van der Waals surface area contributed by atoms with Crippen LogP contribution in [0.4, 0.5) is 5.82 Å². The fourth-order valence-corrected chi connectivity index (χ4v) is 2.99. The van der Waals surface area contributed by atoms with E-state index in [4.69, 9.17) is 4.74 Å². The van der Waals surface area contributed by atoms with Crippen molar-refractivity contribution >= 4 is 17.2 Å². The number of nitrogens with one attached hydrogen (secondary N) is 1. The van der Waals surface area contributed by atoms with Crippen molar-refractivity contribution in [3.63, 3.8) is 0 Å². The molecule has 0 fully saturated rings. The van der Waals surface area contributed by atoms with Crippen molar-refractivity contribution in [1.29, 1.82) is 0 Å². The highest BCUT2D eigenvalue weighted by Crippen LogP contribution is 2.31. The normalized spacial score (nSPS) is 12.4. The molecular weight excluding hydrogens is 270 g/mol. The first-order valence-electron chi connectivity index (χ1n) is 6.87. The van der Waals surface area contributed by atoms with Crippen LogP contribution >= 0.6 is 11.3 Å². The van der Waals surface area contributed by atoms with E-state index in [2.05, 4.69) is 46.6 Å². The minimum absolute atomic E-state index is 0.248. The van der Waals surface area contributed by atoms with E-state index in [9.17, 15) is 0 Å². The van der Waals surface area contributed by atoms with Crippen LogP contribution < -0.4 is 10.1 Å². The second-order valence-corrected chi connectivity index (χ2v) is 5.95. The van der Waals surface area contributed by atoms with Crippen molar-refractivity contribution in [1.82, 2.24) is 9.97 Å². The number of rotatable bonds is 6. The van der Waals surface area contributed by atoms with Crippen molar-refractivity contribution in [2.75, 3.05) is 11.9 Å². The molecule has 2 rings (SSSR count). The minimum atomic E-state index is 0.248. The molecular formula is C15H21N3OS. The molecule has 1 unspecified atom stereocenters. The van der Waals surface area contributed by atoms with Crippen LogP contribution in [0.25, 0.3) is 0 Å². The Balaban J connectivity index is 2.25. The van der Waals surface area contributed by atoms with E-state index >= 15 is 0 Å². The molecule has 0 aliphatic rings. The van der Waals surface area contributed by atoms with Crippen LogP contribution in [0.2, 0.25) is 0 Å². The van der Waals surface area contributed by atoms with Crippen molar-refractivity contribution < 1.29 is 4.74 Å². The Bertz CT molecular complexity index is 540. The zero-order chi connectivity index (χ0) is 14.5. The van der Waals surface area contributed by atoms with Crippen LogP contribution in [-0.4, -0.2) is 16.6 Å². The maximum Gasteiger partial charge on any atom is 0.221 e. The highest BCUT2D eigenvalue weighted by atomic mass is 32.1. The number of hydrogen-bond donors (Lipinski definition) is 1. The van der Waals surface area contributed by atoms with Crippen molar-refractivity contribution in [3.05, 3.63) is 34.3 Å². The van der Waals surface area contributed by atoms with E-state index in [1.54, 1.807) is 17.7 Å². The summed E-state index contributed by atoms with van der Waals surface area (Å²) in [5, 5.41) is 5.63. The highest BCUT2D eigenvalue weighted by molar-refractivity contribution is 7.10. The fourth-order valence-electron chi connectivity index (χ4n) is 2.04. The molecule has 0 saturated heterocycles. The summed E-state index contributed by atoms with van der Waals surface area (Å²) in [7, 11) is 0. The number of nitrogens with zero attached hydrogens (tertiary/aromatic N) is 2. The van der Waals surface area contributed by atoms with E-state index in [0.717, 1.165) is 11.4 Å². The quantitative estimate of drug-likeness (QED) is 0.872. The van der Waals surface area contributed by atoms with Gasteiger partial charge < -0.3 is 10.1 Å². The SMILES string of the molecule is CCOc1ncnc(NC(c2cccs2)C(C)C)c1C. The van der Waals surface area contributed by atoms with E-state index in [-0.39, 0.29) is 6.04 Å². The fraction of sp³-hybridized carbons (Fsp3) is 0.467. The van der Waals surface area contributed by atoms with Gasteiger partial charge >= 0.3 is 0 Å². The van der Waals surface area contributed by atoms with Gasteiger partial charge in [0, 0.05) is 4.88 Å². The zero-order valence-corrected chi connectivity index (χ0v) is 13.2. The Morgan fingerprint density at radius 3 is 2.75 bits per heavy atom. The van der Waals surface area contributed by atoms with Crippen LogP contribution in [0.5, 0.6) is 5.88 Å². The van der Waals surface area contributed by atoms with Gasteiger partial charge in [-0.25, -0.2) is 9.97 Å². The zero-order valence-electron chi connectivity index (χ0n) is 12.4. The Labute approximate surface area is 124 Å². The standard InChI is InChI=1S/C15H21N3OS/c1-5-19-15-11(4)14(16-9-17-15)18-13(10(2)3)12-7-6-8-20-12/h6-10,13H,5H2,1-4H3,(H,16,17,18). The number of anilines is 1. The third-order valence-corrected chi connectivity index (χ3v) is 4.08.